The number of hydrogen-bond acceptors (Lipinski definition) is 6. The third-order valence-corrected chi connectivity index (χ3v) is 4.66. The molecule has 26 heavy (non-hydrogen) atoms. The first-order valence-corrected chi connectivity index (χ1v) is 9.32. The van der Waals surface area contributed by atoms with Crippen molar-refractivity contribution in [2.24, 2.45) is 11.8 Å². The number of carbonyl (C=O) groups is 1. The van der Waals surface area contributed by atoms with Gasteiger partial charge in [0, 0.05) is 20.0 Å². The van der Waals surface area contributed by atoms with Gasteiger partial charge in [-0.05, 0) is 37.4 Å². The molecular weight excluding hydrogens is 332 g/mol. The smallest absolute Gasteiger partial charge is 0.227 e. The molecule has 2 aromatic heterocycles. The maximum absolute atomic E-state index is 12.8. The Morgan fingerprint density at radius 3 is 3.04 bits per heavy atom. The molecule has 3 heterocycles. The summed E-state index contributed by atoms with van der Waals surface area (Å²) in [6.07, 6.45) is 4.39. The number of hydrogen-bond donors (Lipinski definition) is 0. The minimum atomic E-state index is 0.00532. The van der Waals surface area contributed by atoms with Crippen molar-refractivity contribution in [3.8, 4) is 0 Å². The van der Waals surface area contributed by atoms with Gasteiger partial charge in [0.15, 0.2) is 5.82 Å². The minimum Gasteiger partial charge on any atom is -0.468 e. The summed E-state index contributed by atoms with van der Waals surface area (Å²) < 4.78 is 10.7. The van der Waals surface area contributed by atoms with Crippen LogP contribution in [0, 0.1) is 11.8 Å². The van der Waals surface area contributed by atoms with E-state index in [0.717, 1.165) is 44.7 Å². The molecule has 7 nitrogen and oxygen atoms in total. The number of piperidine rings is 1. The summed E-state index contributed by atoms with van der Waals surface area (Å²) in [7, 11) is 1.81. The summed E-state index contributed by atoms with van der Waals surface area (Å²) >= 11 is 0. The van der Waals surface area contributed by atoms with Crippen LogP contribution in [0.5, 0.6) is 0 Å². The van der Waals surface area contributed by atoms with Crippen molar-refractivity contribution in [2.45, 2.75) is 46.2 Å². The van der Waals surface area contributed by atoms with E-state index in [-0.39, 0.29) is 11.8 Å². The fourth-order valence-electron chi connectivity index (χ4n) is 3.41. The van der Waals surface area contributed by atoms with Crippen molar-refractivity contribution in [1.29, 1.82) is 0 Å². The van der Waals surface area contributed by atoms with Crippen LogP contribution in [-0.4, -0.2) is 46.0 Å². The van der Waals surface area contributed by atoms with Gasteiger partial charge in [0.1, 0.15) is 5.76 Å². The molecule has 1 amide bonds. The van der Waals surface area contributed by atoms with E-state index < -0.39 is 0 Å². The average Bonchev–Trinajstić information content (AvgIpc) is 3.26. The summed E-state index contributed by atoms with van der Waals surface area (Å²) in [6.45, 7) is 7.11. The highest BCUT2D eigenvalue weighted by Gasteiger charge is 2.29. The molecule has 0 bridgehead atoms. The number of amides is 1. The highest BCUT2D eigenvalue weighted by molar-refractivity contribution is 5.78. The number of likely N-dealkylation sites (tertiary alicyclic amines) is 1. The second-order valence-corrected chi connectivity index (χ2v) is 7.55. The van der Waals surface area contributed by atoms with Gasteiger partial charge < -0.3 is 13.8 Å². The zero-order valence-electron chi connectivity index (χ0n) is 15.9. The zero-order chi connectivity index (χ0) is 18.5. The van der Waals surface area contributed by atoms with Crippen molar-refractivity contribution in [1.82, 2.24) is 19.9 Å². The predicted molar refractivity (Wildman–Crippen MR) is 96.0 cm³/mol. The number of nitrogens with zero attached hydrogens (tertiary/aromatic N) is 4. The average molecular weight is 360 g/mol. The lowest BCUT2D eigenvalue weighted by Gasteiger charge is -2.33. The van der Waals surface area contributed by atoms with Gasteiger partial charge in [-0.1, -0.05) is 19.0 Å². The highest BCUT2D eigenvalue weighted by Crippen LogP contribution is 2.21. The normalized spacial score (nSPS) is 18.4. The van der Waals surface area contributed by atoms with Crippen LogP contribution in [0.4, 0.5) is 0 Å². The molecule has 1 fully saturated rings. The molecule has 1 aliphatic rings. The standard InChI is InChI=1S/C19H28N4O3/c1-14(2)10-18-20-17(21-26-18)13-22(3)19(24)15-6-4-8-23(11-15)12-16-7-5-9-25-16/h5,7,9,14-15H,4,6,8,10-13H2,1-3H3/t15-/m0/s1. The van der Waals surface area contributed by atoms with E-state index in [0.29, 0.717) is 24.2 Å². The van der Waals surface area contributed by atoms with E-state index in [4.69, 9.17) is 8.94 Å². The molecule has 0 radical (unpaired) electrons. The molecule has 0 spiro atoms. The molecule has 0 N–H and O–H groups in total. The van der Waals surface area contributed by atoms with E-state index in [1.807, 2.05) is 19.2 Å². The second kappa shape index (κ2) is 8.49. The summed E-state index contributed by atoms with van der Waals surface area (Å²) in [5, 5.41) is 4.00. The molecule has 1 aliphatic heterocycles. The van der Waals surface area contributed by atoms with Gasteiger partial charge >= 0.3 is 0 Å². The van der Waals surface area contributed by atoms with E-state index in [1.54, 1.807) is 11.2 Å². The van der Waals surface area contributed by atoms with Crippen LogP contribution in [0.3, 0.4) is 0 Å². The van der Waals surface area contributed by atoms with Gasteiger partial charge in [0.05, 0.1) is 25.3 Å². The summed E-state index contributed by atoms with van der Waals surface area (Å²) in [4.78, 5) is 21.2. The van der Waals surface area contributed by atoms with Crippen LogP contribution >= 0.6 is 0 Å². The zero-order valence-corrected chi connectivity index (χ0v) is 15.9. The lowest BCUT2D eigenvalue weighted by molar-refractivity contribution is -0.136. The molecule has 142 valence electrons. The van der Waals surface area contributed by atoms with Crippen LogP contribution in [0.15, 0.2) is 27.3 Å². The monoisotopic (exact) mass is 360 g/mol. The third kappa shape index (κ3) is 4.94. The van der Waals surface area contributed by atoms with E-state index in [9.17, 15) is 4.79 Å². The maximum atomic E-state index is 12.8. The lowest BCUT2D eigenvalue weighted by Crippen LogP contribution is -2.43. The molecule has 0 unspecified atom stereocenters. The van der Waals surface area contributed by atoms with Crippen LogP contribution in [0.1, 0.15) is 44.2 Å². The Morgan fingerprint density at radius 1 is 1.46 bits per heavy atom. The maximum Gasteiger partial charge on any atom is 0.227 e. The van der Waals surface area contributed by atoms with Gasteiger partial charge in [0.2, 0.25) is 11.8 Å². The van der Waals surface area contributed by atoms with Crippen molar-refractivity contribution < 1.29 is 13.7 Å². The van der Waals surface area contributed by atoms with Crippen LogP contribution < -0.4 is 0 Å². The topological polar surface area (TPSA) is 75.6 Å². The van der Waals surface area contributed by atoms with Crippen molar-refractivity contribution >= 4 is 5.91 Å². The number of rotatable bonds is 7. The van der Waals surface area contributed by atoms with Crippen molar-refractivity contribution in [3.63, 3.8) is 0 Å². The Hall–Kier alpha value is -2.15. The Balaban J connectivity index is 1.53. The molecular formula is C19H28N4O3. The van der Waals surface area contributed by atoms with E-state index in [1.165, 1.54) is 0 Å². The Bertz CT molecular complexity index is 695. The first-order chi connectivity index (χ1) is 12.5. The van der Waals surface area contributed by atoms with Crippen molar-refractivity contribution in [2.75, 3.05) is 20.1 Å². The molecule has 1 saturated heterocycles. The fourth-order valence-corrected chi connectivity index (χ4v) is 3.41. The SMILES string of the molecule is CC(C)Cc1nc(CN(C)C(=O)[C@H]2CCCN(Cc3ccco3)C2)no1. The van der Waals surface area contributed by atoms with Gasteiger partial charge in [0.25, 0.3) is 0 Å². The molecule has 0 aliphatic carbocycles. The minimum absolute atomic E-state index is 0.00532. The summed E-state index contributed by atoms with van der Waals surface area (Å²) in [5.41, 5.74) is 0. The first-order valence-electron chi connectivity index (χ1n) is 9.32. The van der Waals surface area contributed by atoms with Crippen LogP contribution in [0.2, 0.25) is 0 Å². The molecule has 1 atom stereocenters. The number of aromatic nitrogens is 2. The van der Waals surface area contributed by atoms with Gasteiger partial charge in [-0.15, -0.1) is 0 Å². The summed E-state index contributed by atoms with van der Waals surface area (Å²) in [6, 6.07) is 3.87. The Kier molecular flexibility index (Phi) is 6.08. The van der Waals surface area contributed by atoms with Gasteiger partial charge in [-0.25, -0.2) is 0 Å². The molecule has 0 aromatic carbocycles. The highest BCUT2D eigenvalue weighted by atomic mass is 16.5. The second-order valence-electron chi connectivity index (χ2n) is 7.55. The molecule has 0 saturated carbocycles. The van der Waals surface area contributed by atoms with Crippen LogP contribution in [0.25, 0.3) is 0 Å². The number of carbonyl (C=O) groups excluding carboxylic acids is 1. The van der Waals surface area contributed by atoms with Gasteiger partial charge in [-0.2, -0.15) is 4.98 Å². The quantitative estimate of drug-likeness (QED) is 0.756. The Morgan fingerprint density at radius 2 is 2.31 bits per heavy atom. The first kappa shape index (κ1) is 18.6. The molecule has 2 aromatic rings. The number of furan rings is 1. The Labute approximate surface area is 154 Å². The van der Waals surface area contributed by atoms with Crippen molar-refractivity contribution in [3.05, 3.63) is 35.9 Å². The van der Waals surface area contributed by atoms with E-state index in [2.05, 4.69) is 28.9 Å². The van der Waals surface area contributed by atoms with Crippen LogP contribution in [-0.2, 0) is 24.3 Å². The molecule has 7 heteroatoms. The third-order valence-electron chi connectivity index (χ3n) is 4.66. The fraction of sp³-hybridized carbons (Fsp3) is 0.632. The van der Waals surface area contributed by atoms with Gasteiger partial charge in [-0.3, -0.25) is 9.69 Å². The largest absolute Gasteiger partial charge is 0.468 e. The van der Waals surface area contributed by atoms with E-state index >= 15 is 0 Å². The summed E-state index contributed by atoms with van der Waals surface area (Å²) in [5.74, 6) is 2.76. The lowest BCUT2D eigenvalue weighted by atomic mass is 9.96. The molecule has 3 rings (SSSR count). The predicted octanol–water partition coefficient (Wildman–Crippen LogP) is 2.73.